The molecule has 0 aliphatic rings. The first-order chi connectivity index (χ1) is 12.4. The van der Waals surface area contributed by atoms with Crippen molar-refractivity contribution < 1.29 is 4.79 Å². The molecule has 2 N–H and O–H groups in total. The smallest absolute Gasteiger partial charge is 0.262 e. The summed E-state index contributed by atoms with van der Waals surface area (Å²) in [6, 6.07) is 5.53. The molecule has 1 aromatic heterocycles. The summed E-state index contributed by atoms with van der Waals surface area (Å²) in [5.74, 6) is 0.705. The molecule has 26 heavy (non-hydrogen) atoms. The van der Waals surface area contributed by atoms with Crippen LogP contribution < -0.4 is 10.9 Å². The number of hydrogen-bond donors (Lipinski definition) is 2. The highest BCUT2D eigenvalue weighted by Crippen LogP contribution is 2.15. The van der Waals surface area contributed by atoms with Gasteiger partial charge in [-0.3, -0.25) is 14.2 Å². The molecule has 5 nitrogen and oxygen atoms in total. The third kappa shape index (κ3) is 6.06. The standard InChI is InChI=1S/C19H26BrN3O2S/c1-13(2)9-10-21-17(24)6-4-3-5-11-23-18(25)15-12-14(20)7-8-16(15)22-19(23)26/h7-8,12-13H,3-6,9-11H2,1-2H3,(H,21,24)(H,22,26). The van der Waals surface area contributed by atoms with E-state index < -0.39 is 0 Å². The van der Waals surface area contributed by atoms with E-state index in [2.05, 4.69) is 40.1 Å². The van der Waals surface area contributed by atoms with Gasteiger partial charge in [0.05, 0.1) is 10.9 Å². The van der Waals surface area contributed by atoms with Crippen molar-refractivity contribution in [3.8, 4) is 0 Å². The van der Waals surface area contributed by atoms with E-state index in [9.17, 15) is 9.59 Å². The highest BCUT2D eigenvalue weighted by atomic mass is 79.9. The van der Waals surface area contributed by atoms with E-state index in [-0.39, 0.29) is 11.5 Å². The first-order valence-electron chi connectivity index (χ1n) is 9.07. The van der Waals surface area contributed by atoms with Crippen molar-refractivity contribution in [2.75, 3.05) is 6.54 Å². The van der Waals surface area contributed by atoms with Gasteiger partial charge in [0.15, 0.2) is 4.77 Å². The Kier molecular flexibility index (Phi) is 8.03. The van der Waals surface area contributed by atoms with Gasteiger partial charge in [-0.15, -0.1) is 0 Å². The van der Waals surface area contributed by atoms with Crippen LogP contribution in [0.25, 0.3) is 10.9 Å². The van der Waals surface area contributed by atoms with E-state index in [1.807, 2.05) is 12.1 Å². The molecule has 0 unspecified atom stereocenters. The van der Waals surface area contributed by atoms with Crippen LogP contribution >= 0.6 is 28.1 Å². The van der Waals surface area contributed by atoms with E-state index in [0.717, 1.165) is 42.2 Å². The molecular formula is C19H26BrN3O2S. The van der Waals surface area contributed by atoms with Crippen LogP contribution in [0.3, 0.4) is 0 Å². The van der Waals surface area contributed by atoms with Crippen LogP contribution in [0.2, 0.25) is 0 Å². The van der Waals surface area contributed by atoms with Crippen molar-refractivity contribution in [2.45, 2.75) is 52.5 Å². The van der Waals surface area contributed by atoms with Crippen molar-refractivity contribution in [1.82, 2.24) is 14.9 Å². The number of hydrogen-bond acceptors (Lipinski definition) is 3. The van der Waals surface area contributed by atoms with Gasteiger partial charge in [-0.2, -0.15) is 0 Å². The Labute approximate surface area is 167 Å². The fourth-order valence-electron chi connectivity index (χ4n) is 2.75. The Morgan fingerprint density at radius 2 is 2.08 bits per heavy atom. The summed E-state index contributed by atoms with van der Waals surface area (Å²) < 4.78 is 2.91. The number of nitrogens with one attached hydrogen (secondary N) is 2. The van der Waals surface area contributed by atoms with Gasteiger partial charge in [0.25, 0.3) is 5.56 Å². The fraction of sp³-hybridized carbons (Fsp3) is 0.526. The van der Waals surface area contributed by atoms with Gasteiger partial charge < -0.3 is 10.3 Å². The normalized spacial score (nSPS) is 11.2. The first-order valence-corrected chi connectivity index (χ1v) is 10.3. The number of fused-ring (bicyclic) bond motifs is 1. The molecule has 1 heterocycles. The number of nitrogens with zero attached hydrogens (tertiary/aromatic N) is 1. The van der Waals surface area contributed by atoms with Gasteiger partial charge in [-0.25, -0.2) is 0 Å². The summed E-state index contributed by atoms with van der Waals surface area (Å²) >= 11 is 8.72. The highest BCUT2D eigenvalue weighted by Gasteiger charge is 2.07. The monoisotopic (exact) mass is 439 g/mol. The lowest BCUT2D eigenvalue weighted by atomic mass is 10.1. The number of unbranched alkanes of at least 4 members (excludes halogenated alkanes) is 2. The van der Waals surface area contributed by atoms with Crippen molar-refractivity contribution in [3.63, 3.8) is 0 Å². The number of carbonyl (C=O) groups is 1. The summed E-state index contributed by atoms with van der Waals surface area (Å²) in [5, 5.41) is 3.57. The number of aromatic nitrogens is 2. The second kappa shape index (κ2) is 10.0. The third-order valence-corrected chi connectivity index (χ3v) is 5.09. The molecule has 2 rings (SSSR count). The number of carbonyl (C=O) groups excluding carboxylic acids is 1. The quantitative estimate of drug-likeness (QED) is 0.444. The Hall–Kier alpha value is -1.47. The minimum atomic E-state index is -0.0727. The maximum absolute atomic E-state index is 12.6. The van der Waals surface area contributed by atoms with Crippen LogP contribution in [-0.2, 0) is 11.3 Å². The highest BCUT2D eigenvalue weighted by molar-refractivity contribution is 9.10. The van der Waals surface area contributed by atoms with E-state index in [1.54, 1.807) is 10.6 Å². The van der Waals surface area contributed by atoms with Gasteiger partial charge in [0.1, 0.15) is 0 Å². The predicted molar refractivity (Wildman–Crippen MR) is 112 cm³/mol. The molecule has 0 fully saturated rings. The second-order valence-electron chi connectivity index (χ2n) is 6.92. The molecule has 0 spiro atoms. The predicted octanol–water partition coefficient (Wildman–Crippen LogP) is 4.54. The molecule has 142 valence electrons. The van der Waals surface area contributed by atoms with E-state index in [1.165, 1.54) is 0 Å². The fourth-order valence-corrected chi connectivity index (χ4v) is 3.39. The van der Waals surface area contributed by atoms with Gasteiger partial charge in [-0.1, -0.05) is 36.2 Å². The van der Waals surface area contributed by atoms with Gasteiger partial charge in [0.2, 0.25) is 5.91 Å². The van der Waals surface area contributed by atoms with Crippen LogP contribution in [0.15, 0.2) is 27.5 Å². The maximum Gasteiger partial charge on any atom is 0.262 e. The Morgan fingerprint density at radius 3 is 2.81 bits per heavy atom. The van der Waals surface area contributed by atoms with Gasteiger partial charge in [0, 0.05) is 24.0 Å². The molecule has 0 aliphatic heterocycles. The molecule has 7 heteroatoms. The summed E-state index contributed by atoms with van der Waals surface area (Å²) in [4.78, 5) is 27.5. The average molecular weight is 440 g/mol. The minimum Gasteiger partial charge on any atom is -0.356 e. The van der Waals surface area contributed by atoms with Crippen LogP contribution in [0.4, 0.5) is 0 Å². The lowest BCUT2D eigenvalue weighted by molar-refractivity contribution is -0.121. The molecule has 0 saturated carbocycles. The minimum absolute atomic E-state index is 0.0727. The Balaban J connectivity index is 1.84. The average Bonchev–Trinajstić information content (AvgIpc) is 2.57. The van der Waals surface area contributed by atoms with Gasteiger partial charge in [-0.05, 0) is 55.6 Å². The zero-order valence-electron chi connectivity index (χ0n) is 15.3. The molecular weight excluding hydrogens is 414 g/mol. The SMILES string of the molecule is CC(C)CCNC(=O)CCCCCn1c(=S)[nH]c2ccc(Br)cc2c1=O. The van der Waals surface area contributed by atoms with Crippen LogP contribution in [0.1, 0.15) is 46.0 Å². The largest absolute Gasteiger partial charge is 0.356 e. The Morgan fingerprint density at radius 1 is 1.31 bits per heavy atom. The lowest BCUT2D eigenvalue weighted by Gasteiger charge is -2.09. The zero-order chi connectivity index (χ0) is 19.1. The van der Waals surface area contributed by atoms with E-state index in [4.69, 9.17) is 12.2 Å². The lowest BCUT2D eigenvalue weighted by Crippen LogP contribution is -2.25. The molecule has 0 saturated heterocycles. The van der Waals surface area contributed by atoms with E-state index in [0.29, 0.717) is 29.0 Å². The number of H-pyrrole nitrogens is 1. The van der Waals surface area contributed by atoms with Crippen molar-refractivity contribution in [2.24, 2.45) is 5.92 Å². The number of aromatic amines is 1. The molecule has 1 amide bonds. The first kappa shape index (κ1) is 20.8. The molecule has 0 atom stereocenters. The third-order valence-electron chi connectivity index (χ3n) is 4.27. The van der Waals surface area contributed by atoms with Crippen molar-refractivity contribution >= 4 is 45.0 Å². The molecule has 0 bridgehead atoms. The summed E-state index contributed by atoms with van der Waals surface area (Å²) in [5.41, 5.74) is 0.675. The maximum atomic E-state index is 12.6. The number of benzene rings is 1. The second-order valence-corrected chi connectivity index (χ2v) is 8.22. The molecule has 1 aromatic carbocycles. The summed E-state index contributed by atoms with van der Waals surface area (Å²) in [6.07, 6.45) is 4.05. The number of halogens is 1. The Bertz CT molecular complexity index is 873. The number of rotatable bonds is 9. The van der Waals surface area contributed by atoms with Crippen LogP contribution in [-0.4, -0.2) is 22.0 Å². The van der Waals surface area contributed by atoms with E-state index >= 15 is 0 Å². The molecule has 2 aromatic rings. The zero-order valence-corrected chi connectivity index (χ0v) is 17.7. The van der Waals surface area contributed by atoms with Crippen molar-refractivity contribution in [1.29, 1.82) is 0 Å². The topological polar surface area (TPSA) is 66.9 Å². The van der Waals surface area contributed by atoms with Gasteiger partial charge >= 0.3 is 0 Å². The van der Waals surface area contributed by atoms with Crippen LogP contribution in [0, 0.1) is 10.7 Å². The summed E-state index contributed by atoms with van der Waals surface area (Å²) in [6.45, 7) is 5.59. The van der Waals surface area contributed by atoms with Crippen molar-refractivity contribution in [3.05, 3.63) is 37.8 Å². The molecule has 0 aliphatic carbocycles. The number of amides is 1. The van der Waals surface area contributed by atoms with Crippen LogP contribution in [0.5, 0.6) is 0 Å². The molecule has 0 radical (unpaired) electrons. The summed E-state index contributed by atoms with van der Waals surface area (Å²) in [7, 11) is 0.